The molecule has 1 amide bonds. The van der Waals surface area contributed by atoms with Crippen LogP contribution in [0.4, 0.5) is 132 Å². The van der Waals surface area contributed by atoms with Crippen molar-refractivity contribution in [2.24, 2.45) is 0 Å². The fraction of sp³-hybridized carbons (Fsp3) is 0.842. The summed E-state index contributed by atoms with van der Waals surface area (Å²) >= 11 is 0. The van der Waals surface area contributed by atoms with Crippen molar-refractivity contribution in [2.45, 2.75) is 96.5 Å². The lowest BCUT2D eigenvalue weighted by molar-refractivity contribution is -0.474. The summed E-state index contributed by atoms with van der Waals surface area (Å²) in [5.74, 6) is -94.1. The zero-order valence-corrected chi connectivity index (χ0v) is 22.4. The van der Waals surface area contributed by atoms with E-state index >= 15 is 0 Å². The molecule has 0 saturated carbocycles. The second kappa shape index (κ2) is 12.3. The first-order valence-electron chi connectivity index (χ1n) is 11.2. The highest BCUT2D eigenvalue weighted by molar-refractivity contribution is 5.88. The van der Waals surface area contributed by atoms with Crippen LogP contribution in [0.1, 0.15) is 12.8 Å². The van der Waals surface area contributed by atoms with Gasteiger partial charge < -0.3 is 0 Å². The van der Waals surface area contributed by atoms with E-state index in [1.54, 1.807) is 6.58 Å². The molecule has 0 aromatic heterocycles. The minimum Gasteiger partial charge on any atom is -0.269 e. The normalized spacial score (nSPS) is 16.4. The zero-order chi connectivity index (χ0) is 42.3. The lowest BCUT2D eigenvalue weighted by Gasteiger charge is -2.47. The van der Waals surface area contributed by atoms with Crippen molar-refractivity contribution < 1.29 is 137 Å². The second-order valence-corrected chi connectivity index (χ2v) is 9.55. The summed E-state index contributed by atoms with van der Waals surface area (Å²) in [5.41, 5.74) is 0. The second-order valence-electron chi connectivity index (χ2n) is 9.55. The highest BCUT2D eigenvalue weighted by Crippen LogP contribution is 2.65. The number of rotatable bonds is 15. The topological polar surface area (TPSA) is 20.3 Å². The quantitative estimate of drug-likeness (QED) is 0.0915. The van der Waals surface area contributed by atoms with Gasteiger partial charge in [-0.3, -0.25) is 4.79 Å². The van der Waals surface area contributed by atoms with Crippen LogP contribution in [0.2, 0.25) is 0 Å². The number of amides is 1. The van der Waals surface area contributed by atoms with E-state index < -0.39 is 113 Å². The maximum absolute atomic E-state index is 14.4. The van der Waals surface area contributed by atoms with Crippen molar-refractivity contribution in [3.63, 3.8) is 0 Å². The summed E-state index contributed by atoms with van der Waals surface area (Å²) in [6.07, 6.45) is -25.0. The van der Waals surface area contributed by atoms with E-state index in [2.05, 4.69) is 0 Å². The van der Waals surface area contributed by atoms with Crippen molar-refractivity contribution in [2.75, 3.05) is 0 Å². The third-order valence-electron chi connectivity index (χ3n) is 5.84. The molecule has 0 atom stereocenters. The minimum absolute atomic E-state index is 1.64. The SMILES string of the molecule is C=CC(=O)N(C(F)(F)C(F)(F)C(F)(F)C(F)(F)C(F)(F)C(F)(F)CC(F)(F)F)C(F)(F)C(F)(F)C(F)(F)C(F)(F)C(F)(F)C(F)(F)CC(F)(F)F. The maximum Gasteiger partial charge on any atom is 0.402 e. The molecule has 0 radical (unpaired) electrons. The largest absolute Gasteiger partial charge is 0.402 e. The van der Waals surface area contributed by atoms with Crippen molar-refractivity contribution in [1.29, 1.82) is 0 Å². The molecule has 0 rings (SSSR count). The van der Waals surface area contributed by atoms with Crippen LogP contribution in [0.25, 0.3) is 0 Å². The van der Waals surface area contributed by atoms with Crippen LogP contribution in [-0.4, -0.2) is 94.5 Å². The molecule has 2 nitrogen and oxygen atoms in total. The fourth-order valence-corrected chi connectivity index (χ4v) is 3.18. The highest BCUT2D eigenvalue weighted by Gasteiger charge is 2.96. The third-order valence-corrected chi connectivity index (χ3v) is 5.84. The Morgan fingerprint density at radius 1 is 0.373 bits per heavy atom. The zero-order valence-electron chi connectivity index (χ0n) is 22.4. The Morgan fingerprint density at radius 2 is 0.569 bits per heavy atom. The maximum atomic E-state index is 14.4. The molecule has 0 heterocycles. The average Bonchev–Trinajstić information content (AvgIpc) is 2.84. The first-order chi connectivity index (χ1) is 21.5. The summed E-state index contributed by atoms with van der Waals surface area (Å²) in [4.78, 5) is 6.66. The Balaban J connectivity index is 7.80. The molecule has 0 aromatic rings. The first kappa shape index (κ1) is 48.1. The van der Waals surface area contributed by atoms with E-state index in [4.69, 9.17) is 0 Å². The predicted molar refractivity (Wildman–Crippen MR) is 97.8 cm³/mol. The Hall–Kier alpha value is -2.89. The number of hydrogen-bond donors (Lipinski definition) is 0. The van der Waals surface area contributed by atoms with Gasteiger partial charge in [-0.1, -0.05) is 6.58 Å². The Kier molecular flexibility index (Phi) is 11.6. The number of carbonyl (C=O) groups is 1. The van der Waals surface area contributed by atoms with Gasteiger partial charge in [0.15, 0.2) is 0 Å². The van der Waals surface area contributed by atoms with Gasteiger partial charge in [0.05, 0.1) is 0 Å². The van der Waals surface area contributed by atoms with Gasteiger partial charge in [0, 0.05) is 0 Å². The molecular weight excluding hydrogens is 828 g/mol. The highest BCUT2D eigenvalue weighted by atomic mass is 19.4. The summed E-state index contributed by atoms with van der Waals surface area (Å²) in [6, 6.07) is -18.4. The molecule has 0 aromatic carbocycles. The number of halogens is 30. The van der Waals surface area contributed by atoms with Gasteiger partial charge in [-0.2, -0.15) is 132 Å². The van der Waals surface area contributed by atoms with Crippen molar-refractivity contribution >= 4 is 5.91 Å². The van der Waals surface area contributed by atoms with Gasteiger partial charge >= 0.3 is 83.7 Å². The summed E-state index contributed by atoms with van der Waals surface area (Å²) < 4.78 is 405. The molecule has 0 fully saturated rings. The Labute approximate surface area is 258 Å². The van der Waals surface area contributed by atoms with E-state index in [0.29, 0.717) is 0 Å². The molecule has 0 unspecified atom stereocenters. The van der Waals surface area contributed by atoms with Gasteiger partial charge in [-0.05, 0) is 6.08 Å². The molecule has 32 heteroatoms. The smallest absolute Gasteiger partial charge is 0.269 e. The minimum atomic E-state index is -9.47. The van der Waals surface area contributed by atoms with Crippen LogP contribution in [0, 0.1) is 0 Å². The molecule has 0 aliphatic carbocycles. The number of carbonyl (C=O) groups excluding carboxylic acids is 1. The third kappa shape index (κ3) is 6.99. The van der Waals surface area contributed by atoms with Crippen LogP contribution >= 0.6 is 0 Å². The van der Waals surface area contributed by atoms with Crippen LogP contribution in [0.3, 0.4) is 0 Å². The van der Waals surface area contributed by atoms with Crippen LogP contribution in [-0.2, 0) is 4.79 Å². The molecule has 0 spiro atoms. The summed E-state index contributed by atoms with van der Waals surface area (Å²) in [7, 11) is 0. The van der Waals surface area contributed by atoms with E-state index in [-0.39, 0.29) is 0 Å². The van der Waals surface area contributed by atoms with Crippen LogP contribution in [0.15, 0.2) is 12.7 Å². The van der Waals surface area contributed by atoms with Gasteiger partial charge in [0.25, 0.3) is 5.91 Å². The Bertz CT molecular complexity index is 1200. The van der Waals surface area contributed by atoms with E-state index in [9.17, 15) is 137 Å². The van der Waals surface area contributed by atoms with E-state index in [1.807, 2.05) is 0 Å². The van der Waals surface area contributed by atoms with Crippen molar-refractivity contribution in [3.8, 4) is 0 Å². The number of hydrogen-bond acceptors (Lipinski definition) is 1. The molecular formula is C19H7F30NO. The molecule has 0 saturated heterocycles. The average molecular weight is 835 g/mol. The van der Waals surface area contributed by atoms with Gasteiger partial charge in [-0.15, -0.1) is 0 Å². The molecule has 51 heavy (non-hydrogen) atoms. The molecule has 0 aliphatic rings. The predicted octanol–water partition coefficient (Wildman–Crippen LogP) is 10.4. The van der Waals surface area contributed by atoms with Gasteiger partial charge in [0.1, 0.15) is 12.8 Å². The standard InChI is InChI=1S/C19H7F30NO/c1-2-5(51)50(18(46,47)16(42,43)14(38,39)12(34,35)10(30,31)6(20,21)3-8(24,25)26)19(48,49)17(44,45)15(40,41)13(36,37)11(32,33)7(22,23)4-9(27,28)29/h2H,1,3-4H2. The molecule has 304 valence electrons. The molecule has 0 bridgehead atoms. The van der Waals surface area contributed by atoms with Crippen LogP contribution in [0.5, 0.6) is 0 Å². The van der Waals surface area contributed by atoms with Gasteiger partial charge in [0.2, 0.25) is 0 Å². The monoisotopic (exact) mass is 835 g/mol. The molecule has 0 aliphatic heterocycles. The van der Waals surface area contributed by atoms with E-state index in [1.165, 1.54) is 0 Å². The van der Waals surface area contributed by atoms with Crippen LogP contribution < -0.4 is 0 Å². The fourth-order valence-electron chi connectivity index (χ4n) is 3.18. The van der Waals surface area contributed by atoms with E-state index in [0.717, 1.165) is 0 Å². The van der Waals surface area contributed by atoms with Crippen molar-refractivity contribution in [3.05, 3.63) is 12.7 Å². The summed E-state index contributed by atoms with van der Waals surface area (Å²) in [6.45, 7) is 1.64. The molecule has 0 N–H and O–H groups in total. The van der Waals surface area contributed by atoms with Crippen molar-refractivity contribution in [1.82, 2.24) is 4.90 Å². The lowest BCUT2D eigenvalue weighted by Crippen LogP contribution is -2.79. The Morgan fingerprint density at radius 3 is 0.745 bits per heavy atom. The number of nitrogens with zero attached hydrogens (tertiary/aromatic N) is 1. The lowest BCUT2D eigenvalue weighted by atomic mass is 9.90. The van der Waals surface area contributed by atoms with Gasteiger partial charge in [-0.25, -0.2) is 4.90 Å². The first-order valence-corrected chi connectivity index (χ1v) is 11.2. The summed E-state index contributed by atoms with van der Waals surface area (Å²) in [5, 5.41) is 0. The number of alkyl halides is 30.